The highest BCUT2D eigenvalue weighted by Crippen LogP contribution is 2.31. The molecule has 5 nitrogen and oxygen atoms in total. The van der Waals surface area contributed by atoms with Gasteiger partial charge in [-0.2, -0.15) is 0 Å². The number of carbonyl (C=O) groups is 1. The van der Waals surface area contributed by atoms with E-state index in [2.05, 4.69) is 26.7 Å². The van der Waals surface area contributed by atoms with Gasteiger partial charge in [0.2, 0.25) is 0 Å². The lowest BCUT2D eigenvalue weighted by molar-refractivity contribution is 0.0621. The number of nitrogens with zero attached hydrogens (tertiary/aromatic N) is 3. The van der Waals surface area contributed by atoms with Crippen LogP contribution >= 0.6 is 11.5 Å². The zero-order chi connectivity index (χ0) is 14.1. The zero-order valence-electron chi connectivity index (χ0n) is 12.1. The molecule has 2 fully saturated rings. The van der Waals surface area contributed by atoms with E-state index in [0.29, 0.717) is 23.0 Å². The van der Waals surface area contributed by atoms with Crippen molar-refractivity contribution in [2.24, 2.45) is 0 Å². The van der Waals surface area contributed by atoms with Gasteiger partial charge in [0.1, 0.15) is 4.88 Å². The molecule has 0 spiro atoms. The second kappa shape index (κ2) is 5.77. The number of fused-ring (bicyclic) bond motifs is 2. The number of hydrogen-bond acceptors (Lipinski definition) is 5. The maximum Gasteiger partial charge on any atom is 0.267 e. The summed E-state index contributed by atoms with van der Waals surface area (Å²) in [7, 11) is 0. The molecular weight excluding hydrogens is 272 g/mol. The first kappa shape index (κ1) is 13.9. The van der Waals surface area contributed by atoms with Gasteiger partial charge in [-0.25, -0.2) is 0 Å². The maximum absolute atomic E-state index is 12.8. The molecule has 20 heavy (non-hydrogen) atoms. The Bertz CT molecular complexity index is 477. The second-order valence-electron chi connectivity index (χ2n) is 5.95. The number of aromatic nitrogens is 2. The fraction of sp³-hybridized carbons (Fsp3) is 0.786. The van der Waals surface area contributed by atoms with Crippen LogP contribution in [0, 0.1) is 6.92 Å². The first-order valence-corrected chi connectivity index (χ1v) is 8.32. The molecule has 0 aliphatic carbocycles. The fourth-order valence-corrected chi connectivity index (χ4v) is 4.14. The van der Waals surface area contributed by atoms with Gasteiger partial charge in [0.15, 0.2) is 0 Å². The van der Waals surface area contributed by atoms with E-state index >= 15 is 0 Å². The second-order valence-corrected chi connectivity index (χ2v) is 6.70. The lowest BCUT2D eigenvalue weighted by Crippen LogP contribution is -2.50. The molecule has 6 heteroatoms. The van der Waals surface area contributed by atoms with Crippen molar-refractivity contribution < 1.29 is 4.79 Å². The van der Waals surface area contributed by atoms with Crippen molar-refractivity contribution in [1.29, 1.82) is 0 Å². The number of carbonyl (C=O) groups excluding carboxylic acids is 1. The first-order chi connectivity index (χ1) is 9.69. The summed E-state index contributed by atoms with van der Waals surface area (Å²) in [4.78, 5) is 15.6. The molecule has 2 atom stereocenters. The normalized spacial score (nSPS) is 28.6. The summed E-state index contributed by atoms with van der Waals surface area (Å²) >= 11 is 1.23. The van der Waals surface area contributed by atoms with Crippen molar-refractivity contribution in [2.45, 2.75) is 64.1 Å². The van der Waals surface area contributed by atoms with Crippen molar-refractivity contribution in [3.63, 3.8) is 0 Å². The van der Waals surface area contributed by atoms with E-state index in [1.54, 1.807) is 0 Å². The minimum absolute atomic E-state index is 0.130. The topological polar surface area (TPSA) is 58.1 Å². The summed E-state index contributed by atoms with van der Waals surface area (Å²) < 4.78 is 3.90. The van der Waals surface area contributed by atoms with Crippen LogP contribution in [-0.4, -0.2) is 45.1 Å². The van der Waals surface area contributed by atoms with Gasteiger partial charge >= 0.3 is 0 Å². The molecule has 1 N–H and O–H groups in total. The molecule has 1 aromatic heterocycles. The number of aryl methyl sites for hydroxylation is 1. The Morgan fingerprint density at radius 3 is 2.65 bits per heavy atom. The highest BCUT2D eigenvalue weighted by Gasteiger charge is 2.38. The largest absolute Gasteiger partial charge is 0.335 e. The molecule has 2 bridgehead atoms. The third kappa shape index (κ3) is 2.59. The Kier molecular flexibility index (Phi) is 4.03. The van der Waals surface area contributed by atoms with Gasteiger partial charge in [0.25, 0.3) is 5.91 Å². The van der Waals surface area contributed by atoms with E-state index in [9.17, 15) is 4.79 Å². The van der Waals surface area contributed by atoms with E-state index in [1.165, 1.54) is 24.4 Å². The van der Waals surface area contributed by atoms with Gasteiger partial charge in [-0.05, 0) is 50.6 Å². The van der Waals surface area contributed by atoms with Gasteiger partial charge in [0.05, 0.1) is 5.69 Å². The Hall–Kier alpha value is -1.01. The van der Waals surface area contributed by atoms with Crippen LogP contribution in [-0.2, 0) is 0 Å². The number of hydrogen-bond donors (Lipinski definition) is 1. The number of piperidine rings is 1. The van der Waals surface area contributed by atoms with Crippen molar-refractivity contribution in [1.82, 2.24) is 19.8 Å². The van der Waals surface area contributed by atoms with Crippen molar-refractivity contribution in [2.75, 3.05) is 6.54 Å². The first-order valence-electron chi connectivity index (χ1n) is 7.55. The van der Waals surface area contributed by atoms with Crippen LogP contribution in [0.25, 0.3) is 0 Å². The van der Waals surface area contributed by atoms with Gasteiger partial charge in [-0.1, -0.05) is 11.4 Å². The minimum atomic E-state index is 0.130. The van der Waals surface area contributed by atoms with Crippen LogP contribution in [0.2, 0.25) is 0 Å². The SMILES string of the molecule is CCCN(C(=O)c1snnc1C)C1CC2CCC(C1)N2. The molecule has 2 unspecified atom stereocenters. The maximum atomic E-state index is 12.8. The zero-order valence-corrected chi connectivity index (χ0v) is 12.9. The summed E-state index contributed by atoms with van der Waals surface area (Å²) in [6.07, 6.45) is 5.70. The Balaban J connectivity index is 1.78. The molecule has 0 radical (unpaired) electrons. The monoisotopic (exact) mass is 294 g/mol. The van der Waals surface area contributed by atoms with E-state index in [4.69, 9.17) is 0 Å². The van der Waals surface area contributed by atoms with Crippen LogP contribution in [0.4, 0.5) is 0 Å². The molecule has 0 saturated carbocycles. The van der Waals surface area contributed by atoms with Crippen molar-refractivity contribution >= 4 is 17.4 Å². The van der Waals surface area contributed by atoms with Gasteiger partial charge in [-0.3, -0.25) is 4.79 Å². The number of amides is 1. The van der Waals surface area contributed by atoms with Gasteiger partial charge < -0.3 is 10.2 Å². The number of nitrogens with one attached hydrogen (secondary N) is 1. The molecular formula is C14H22N4OS. The summed E-state index contributed by atoms with van der Waals surface area (Å²) in [5.74, 6) is 0.130. The molecule has 110 valence electrons. The predicted octanol–water partition coefficient (Wildman–Crippen LogP) is 1.98. The van der Waals surface area contributed by atoms with Crippen LogP contribution in [0.15, 0.2) is 0 Å². The summed E-state index contributed by atoms with van der Waals surface area (Å²) in [5, 5.41) is 7.62. The van der Waals surface area contributed by atoms with Crippen LogP contribution < -0.4 is 5.32 Å². The standard InChI is InChI=1S/C14H22N4OS/c1-3-6-18(14(19)13-9(2)16-17-20-13)12-7-10-4-5-11(8-12)15-10/h10-12,15H,3-8H2,1-2H3. The van der Waals surface area contributed by atoms with Crippen LogP contribution in [0.1, 0.15) is 54.4 Å². The van der Waals surface area contributed by atoms with Crippen molar-refractivity contribution in [3.8, 4) is 0 Å². The van der Waals surface area contributed by atoms with E-state index in [-0.39, 0.29) is 5.91 Å². The van der Waals surface area contributed by atoms with E-state index in [0.717, 1.165) is 31.5 Å². The molecule has 1 amide bonds. The number of rotatable bonds is 4. The molecule has 2 aliphatic rings. The quantitative estimate of drug-likeness (QED) is 0.922. The predicted molar refractivity (Wildman–Crippen MR) is 78.9 cm³/mol. The lowest BCUT2D eigenvalue weighted by atomic mass is 9.97. The molecule has 2 saturated heterocycles. The Morgan fingerprint density at radius 2 is 2.10 bits per heavy atom. The summed E-state index contributed by atoms with van der Waals surface area (Å²) in [6, 6.07) is 1.58. The van der Waals surface area contributed by atoms with Gasteiger partial charge in [0, 0.05) is 24.7 Å². The van der Waals surface area contributed by atoms with E-state index < -0.39 is 0 Å². The summed E-state index contributed by atoms with van der Waals surface area (Å²) in [6.45, 7) is 4.83. The van der Waals surface area contributed by atoms with Crippen LogP contribution in [0.5, 0.6) is 0 Å². The lowest BCUT2D eigenvalue weighted by Gasteiger charge is -2.37. The Morgan fingerprint density at radius 1 is 1.40 bits per heavy atom. The van der Waals surface area contributed by atoms with Crippen molar-refractivity contribution in [3.05, 3.63) is 10.6 Å². The third-order valence-corrected chi connectivity index (χ3v) is 5.28. The van der Waals surface area contributed by atoms with Gasteiger partial charge in [-0.15, -0.1) is 5.10 Å². The highest BCUT2D eigenvalue weighted by molar-refractivity contribution is 7.07. The molecule has 3 heterocycles. The Labute approximate surface area is 123 Å². The average Bonchev–Trinajstić information content (AvgIpc) is 3.01. The highest BCUT2D eigenvalue weighted by atomic mass is 32.1. The smallest absolute Gasteiger partial charge is 0.267 e. The molecule has 3 rings (SSSR count). The van der Waals surface area contributed by atoms with E-state index in [1.807, 2.05) is 6.92 Å². The third-order valence-electron chi connectivity index (χ3n) is 4.46. The molecule has 1 aromatic rings. The molecule has 2 aliphatic heterocycles. The minimum Gasteiger partial charge on any atom is -0.335 e. The fourth-order valence-electron chi connectivity index (χ4n) is 3.53. The average molecular weight is 294 g/mol. The molecule has 0 aromatic carbocycles. The summed E-state index contributed by atoms with van der Waals surface area (Å²) in [5.41, 5.74) is 0.762. The van der Waals surface area contributed by atoms with Crippen LogP contribution in [0.3, 0.4) is 0 Å².